The number of ether oxygens (including phenoxy) is 1. The Balaban J connectivity index is 1.84. The van der Waals surface area contributed by atoms with Crippen LogP contribution in [0.4, 0.5) is 0 Å². The quantitative estimate of drug-likeness (QED) is 0.423. The molecule has 0 saturated heterocycles. The molecule has 0 spiro atoms. The zero-order valence-electron chi connectivity index (χ0n) is 12.7. The zero-order chi connectivity index (χ0) is 14.5. The van der Waals surface area contributed by atoms with Crippen LogP contribution in [-0.2, 0) is 16.3 Å². The molecule has 1 heterocycles. The predicted octanol–water partition coefficient (Wildman–Crippen LogP) is 4.30. The van der Waals surface area contributed by atoms with E-state index in [0.29, 0.717) is 6.42 Å². The summed E-state index contributed by atoms with van der Waals surface area (Å²) in [4.78, 5) is 15.4. The average molecular weight is 280 g/mol. The number of carbonyl (C=O) groups excluding carboxylic acids is 1. The molecule has 0 aromatic carbocycles. The van der Waals surface area contributed by atoms with Gasteiger partial charge in [-0.3, -0.25) is 4.79 Å². The lowest BCUT2D eigenvalue weighted by Gasteiger charge is -2.05. The van der Waals surface area contributed by atoms with Crippen LogP contribution in [0, 0.1) is 0 Å². The van der Waals surface area contributed by atoms with Gasteiger partial charge >= 0.3 is 5.97 Å². The third-order valence-corrected chi connectivity index (χ3v) is 3.42. The number of esters is 1. The lowest BCUT2D eigenvalue weighted by Crippen LogP contribution is -2.08. The van der Waals surface area contributed by atoms with Gasteiger partial charge in [0.15, 0.2) is 6.73 Å². The molecule has 0 bridgehead atoms. The monoisotopic (exact) mass is 280 g/mol. The molecule has 0 aliphatic heterocycles. The highest BCUT2D eigenvalue weighted by atomic mass is 16.5. The first-order valence-electron chi connectivity index (χ1n) is 7.94. The standard InChI is InChI=1S/C16H28N2O2/c1-2-3-4-5-6-7-8-9-10-11-16(19)20-15-18-13-12-17-14-18/h12-14H,2-11,15H2,1H3. The molecule has 0 atom stereocenters. The molecule has 0 aliphatic carbocycles. The minimum absolute atomic E-state index is 0.110. The number of unbranched alkanes of at least 4 members (excludes halogenated alkanes) is 8. The summed E-state index contributed by atoms with van der Waals surface area (Å²) in [5.41, 5.74) is 0. The van der Waals surface area contributed by atoms with Crippen LogP contribution in [0.15, 0.2) is 18.7 Å². The summed E-state index contributed by atoms with van der Waals surface area (Å²) in [6.07, 6.45) is 17.0. The van der Waals surface area contributed by atoms with E-state index < -0.39 is 0 Å². The molecule has 20 heavy (non-hydrogen) atoms. The van der Waals surface area contributed by atoms with Crippen molar-refractivity contribution < 1.29 is 9.53 Å². The molecule has 0 N–H and O–H groups in total. The van der Waals surface area contributed by atoms with Crippen LogP contribution in [0.25, 0.3) is 0 Å². The minimum Gasteiger partial charge on any atom is -0.444 e. The van der Waals surface area contributed by atoms with Gasteiger partial charge in [-0.15, -0.1) is 0 Å². The normalized spacial score (nSPS) is 10.7. The second kappa shape index (κ2) is 11.5. The Morgan fingerprint density at radius 3 is 2.30 bits per heavy atom. The van der Waals surface area contributed by atoms with Gasteiger partial charge in [-0.25, -0.2) is 4.98 Å². The van der Waals surface area contributed by atoms with Gasteiger partial charge in [-0.1, -0.05) is 58.3 Å². The number of rotatable bonds is 12. The SMILES string of the molecule is CCCCCCCCCCCC(=O)OCn1ccnc1. The summed E-state index contributed by atoms with van der Waals surface area (Å²) < 4.78 is 6.89. The summed E-state index contributed by atoms with van der Waals surface area (Å²) in [5, 5.41) is 0. The third-order valence-electron chi connectivity index (χ3n) is 3.42. The number of hydrogen-bond acceptors (Lipinski definition) is 3. The molecule has 4 heteroatoms. The van der Waals surface area contributed by atoms with Crippen molar-refractivity contribution in [1.82, 2.24) is 9.55 Å². The molecule has 4 nitrogen and oxygen atoms in total. The Bertz CT molecular complexity index is 336. The van der Waals surface area contributed by atoms with E-state index in [0.717, 1.165) is 12.8 Å². The van der Waals surface area contributed by atoms with E-state index in [1.807, 2.05) is 0 Å². The van der Waals surface area contributed by atoms with Gasteiger partial charge in [0.05, 0.1) is 6.33 Å². The van der Waals surface area contributed by atoms with Gasteiger partial charge in [0.2, 0.25) is 0 Å². The Morgan fingerprint density at radius 1 is 1.05 bits per heavy atom. The van der Waals surface area contributed by atoms with Crippen molar-refractivity contribution in [2.24, 2.45) is 0 Å². The molecule has 114 valence electrons. The van der Waals surface area contributed by atoms with Crippen LogP contribution in [0.5, 0.6) is 0 Å². The highest BCUT2D eigenvalue weighted by Crippen LogP contribution is 2.10. The fourth-order valence-electron chi connectivity index (χ4n) is 2.16. The van der Waals surface area contributed by atoms with Gasteiger partial charge in [0.25, 0.3) is 0 Å². The fourth-order valence-corrected chi connectivity index (χ4v) is 2.16. The summed E-state index contributed by atoms with van der Waals surface area (Å²) in [6.45, 7) is 2.52. The number of aromatic nitrogens is 2. The van der Waals surface area contributed by atoms with E-state index in [4.69, 9.17) is 4.74 Å². The Labute approximate surface area is 122 Å². The molecule has 1 aromatic heterocycles. The highest BCUT2D eigenvalue weighted by molar-refractivity contribution is 5.69. The maximum Gasteiger partial charge on any atom is 0.307 e. The lowest BCUT2D eigenvalue weighted by molar-refractivity contribution is -0.147. The fraction of sp³-hybridized carbons (Fsp3) is 0.750. The van der Waals surface area contributed by atoms with Crippen molar-refractivity contribution in [3.63, 3.8) is 0 Å². The first-order chi connectivity index (χ1) is 9.83. The summed E-state index contributed by atoms with van der Waals surface area (Å²) in [7, 11) is 0. The number of hydrogen-bond donors (Lipinski definition) is 0. The van der Waals surface area contributed by atoms with Crippen LogP contribution in [0.1, 0.15) is 71.1 Å². The van der Waals surface area contributed by atoms with E-state index >= 15 is 0 Å². The lowest BCUT2D eigenvalue weighted by atomic mass is 10.1. The number of nitrogens with zero attached hydrogens (tertiary/aromatic N) is 2. The van der Waals surface area contributed by atoms with Gasteiger partial charge in [0, 0.05) is 18.8 Å². The maximum atomic E-state index is 11.5. The third kappa shape index (κ3) is 8.73. The van der Waals surface area contributed by atoms with Gasteiger partial charge in [-0.05, 0) is 6.42 Å². The average Bonchev–Trinajstić information content (AvgIpc) is 2.96. The smallest absolute Gasteiger partial charge is 0.307 e. The molecule has 1 rings (SSSR count). The maximum absolute atomic E-state index is 11.5. The Hall–Kier alpha value is -1.32. The molecule has 0 aliphatic rings. The molecular formula is C16H28N2O2. The summed E-state index contributed by atoms with van der Waals surface area (Å²) in [6, 6.07) is 0. The van der Waals surface area contributed by atoms with E-state index in [9.17, 15) is 4.79 Å². The van der Waals surface area contributed by atoms with Crippen molar-refractivity contribution in [3.8, 4) is 0 Å². The van der Waals surface area contributed by atoms with E-state index in [1.54, 1.807) is 23.3 Å². The highest BCUT2D eigenvalue weighted by Gasteiger charge is 2.02. The minimum atomic E-state index is -0.110. The van der Waals surface area contributed by atoms with E-state index in [1.165, 1.54) is 44.9 Å². The summed E-state index contributed by atoms with van der Waals surface area (Å²) >= 11 is 0. The molecule has 0 amide bonds. The summed E-state index contributed by atoms with van der Waals surface area (Å²) in [5.74, 6) is -0.110. The van der Waals surface area contributed by atoms with Crippen molar-refractivity contribution in [2.45, 2.75) is 77.9 Å². The van der Waals surface area contributed by atoms with Crippen molar-refractivity contribution in [1.29, 1.82) is 0 Å². The van der Waals surface area contributed by atoms with Crippen LogP contribution in [0.3, 0.4) is 0 Å². The topological polar surface area (TPSA) is 44.1 Å². The van der Waals surface area contributed by atoms with Crippen LogP contribution in [0.2, 0.25) is 0 Å². The Morgan fingerprint density at radius 2 is 1.70 bits per heavy atom. The van der Waals surface area contributed by atoms with Gasteiger partial charge < -0.3 is 9.30 Å². The Kier molecular flexibility index (Phi) is 9.62. The van der Waals surface area contributed by atoms with Crippen molar-refractivity contribution >= 4 is 5.97 Å². The van der Waals surface area contributed by atoms with Crippen LogP contribution < -0.4 is 0 Å². The second-order valence-electron chi connectivity index (χ2n) is 5.30. The number of imidazole rings is 1. The molecule has 0 unspecified atom stereocenters. The molecule has 0 fully saturated rings. The van der Waals surface area contributed by atoms with Crippen LogP contribution in [-0.4, -0.2) is 15.5 Å². The first kappa shape index (κ1) is 16.7. The van der Waals surface area contributed by atoms with Gasteiger partial charge in [0.1, 0.15) is 0 Å². The predicted molar refractivity (Wildman–Crippen MR) is 80.2 cm³/mol. The molecule has 0 saturated carbocycles. The van der Waals surface area contributed by atoms with Crippen molar-refractivity contribution in [3.05, 3.63) is 18.7 Å². The van der Waals surface area contributed by atoms with Crippen LogP contribution >= 0.6 is 0 Å². The van der Waals surface area contributed by atoms with E-state index in [2.05, 4.69) is 11.9 Å². The largest absolute Gasteiger partial charge is 0.444 e. The van der Waals surface area contributed by atoms with Crippen molar-refractivity contribution in [2.75, 3.05) is 0 Å². The first-order valence-corrected chi connectivity index (χ1v) is 7.94. The molecular weight excluding hydrogens is 252 g/mol. The molecule has 1 aromatic rings. The van der Waals surface area contributed by atoms with Gasteiger partial charge in [-0.2, -0.15) is 0 Å². The second-order valence-corrected chi connectivity index (χ2v) is 5.30. The molecule has 0 radical (unpaired) electrons. The number of carbonyl (C=O) groups is 1. The van der Waals surface area contributed by atoms with E-state index in [-0.39, 0.29) is 12.7 Å². The zero-order valence-corrected chi connectivity index (χ0v) is 12.7.